The first-order chi connectivity index (χ1) is 11.6. The van der Waals surface area contributed by atoms with Gasteiger partial charge in [0.25, 0.3) is 0 Å². The standard InChI is InChI=1S/C18H22N2O3S/c1-23-14-6-7-16-13(10-14)4-2-8-18(16,22)12-20-17(21)19-11-15-5-3-9-24-15/h3,5-7,9-10,22H,2,4,8,11-12H2,1H3,(H2,19,20,21)/t18-/m0/s1. The smallest absolute Gasteiger partial charge is 0.315 e. The van der Waals surface area contributed by atoms with Crippen molar-refractivity contribution in [2.45, 2.75) is 31.4 Å². The molecule has 0 radical (unpaired) electrons. The highest BCUT2D eigenvalue weighted by atomic mass is 32.1. The van der Waals surface area contributed by atoms with E-state index in [0.29, 0.717) is 13.0 Å². The van der Waals surface area contributed by atoms with E-state index in [0.717, 1.165) is 34.6 Å². The Balaban J connectivity index is 1.61. The quantitative estimate of drug-likeness (QED) is 0.780. The van der Waals surface area contributed by atoms with E-state index in [9.17, 15) is 9.90 Å². The fraction of sp³-hybridized carbons (Fsp3) is 0.389. The van der Waals surface area contributed by atoms with Crippen molar-refractivity contribution in [3.63, 3.8) is 0 Å². The lowest BCUT2D eigenvalue weighted by atomic mass is 9.79. The van der Waals surface area contributed by atoms with Crippen molar-refractivity contribution < 1.29 is 14.6 Å². The van der Waals surface area contributed by atoms with Gasteiger partial charge in [0, 0.05) is 4.88 Å². The van der Waals surface area contributed by atoms with Crippen LogP contribution in [0.2, 0.25) is 0 Å². The van der Waals surface area contributed by atoms with Crippen LogP contribution in [-0.2, 0) is 18.6 Å². The lowest BCUT2D eigenvalue weighted by molar-refractivity contribution is 0.0216. The van der Waals surface area contributed by atoms with E-state index in [1.165, 1.54) is 0 Å². The predicted octanol–water partition coefficient (Wildman–Crippen LogP) is 2.78. The number of carbonyl (C=O) groups excluding carboxylic acids is 1. The Hall–Kier alpha value is -2.05. The van der Waals surface area contributed by atoms with Gasteiger partial charge in [-0.25, -0.2) is 4.79 Å². The van der Waals surface area contributed by atoms with E-state index in [1.54, 1.807) is 18.4 Å². The van der Waals surface area contributed by atoms with Gasteiger partial charge in [-0.2, -0.15) is 0 Å². The summed E-state index contributed by atoms with van der Waals surface area (Å²) in [4.78, 5) is 13.1. The molecule has 1 aromatic heterocycles. The first-order valence-corrected chi connectivity index (χ1v) is 8.92. The minimum absolute atomic E-state index is 0.197. The maximum atomic E-state index is 12.0. The zero-order valence-electron chi connectivity index (χ0n) is 13.7. The molecule has 128 valence electrons. The average molecular weight is 346 g/mol. The number of urea groups is 1. The Morgan fingerprint density at radius 3 is 3.00 bits per heavy atom. The lowest BCUT2D eigenvalue weighted by Gasteiger charge is -2.34. The van der Waals surface area contributed by atoms with Gasteiger partial charge in [-0.3, -0.25) is 0 Å². The van der Waals surface area contributed by atoms with Crippen LogP contribution in [-0.4, -0.2) is 24.8 Å². The van der Waals surface area contributed by atoms with Crippen molar-refractivity contribution in [3.8, 4) is 5.75 Å². The second-order valence-corrected chi connectivity index (χ2v) is 7.06. The Kier molecular flexibility index (Phi) is 5.06. The number of aryl methyl sites for hydroxylation is 1. The number of carbonyl (C=O) groups is 1. The Morgan fingerprint density at radius 2 is 2.25 bits per heavy atom. The van der Waals surface area contributed by atoms with Crippen LogP contribution in [0.5, 0.6) is 5.75 Å². The minimum Gasteiger partial charge on any atom is -0.497 e. The summed E-state index contributed by atoms with van der Waals surface area (Å²) in [7, 11) is 1.64. The first-order valence-electron chi connectivity index (χ1n) is 8.04. The number of ether oxygens (including phenoxy) is 1. The van der Waals surface area contributed by atoms with Crippen LogP contribution in [0.1, 0.15) is 28.8 Å². The molecule has 6 heteroatoms. The molecule has 0 bridgehead atoms. The van der Waals surface area contributed by atoms with Crippen molar-refractivity contribution in [2.75, 3.05) is 13.7 Å². The van der Waals surface area contributed by atoms with E-state index >= 15 is 0 Å². The molecule has 3 N–H and O–H groups in total. The maximum Gasteiger partial charge on any atom is 0.315 e. The summed E-state index contributed by atoms with van der Waals surface area (Å²) < 4.78 is 5.25. The third-order valence-electron chi connectivity index (χ3n) is 4.39. The Bertz CT molecular complexity index is 702. The number of nitrogens with one attached hydrogen (secondary N) is 2. The summed E-state index contributed by atoms with van der Waals surface area (Å²) in [6.45, 7) is 0.693. The number of hydrogen-bond acceptors (Lipinski definition) is 4. The molecule has 1 atom stereocenters. The highest BCUT2D eigenvalue weighted by molar-refractivity contribution is 7.09. The monoisotopic (exact) mass is 346 g/mol. The van der Waals surface area contributed by atoms with Crippen molar-refractivity contribution in [1.82, 2.24) is 10.6 Å². The number of benzene rings is 1. The second kappa shape index (κ2) is 7.23. The number of hydrogen-bond donors (Lipinski definition) is 3. The molecule has 1 aromatic carbocycles. The summed E-state index contributed by atoms with van der Waals surface area (Å²) in [5.41, 5.74) is 0.942. The van der Waals surface area contributed by atoms with Crippen LogP contribution in [0.3, 0.4) is 0 Å². The van der Waals surface area contributed by atoms with Crippen molar-refractivity contribution >= 4 is 17.4 Å². The number of aliphatic hydroxyl groups is 1. The minimum atomic E-state index is -1.03. The van der Waals surface area contributed by atoms with Gasteiger partial charge in [0.2, 0.25) is 0 Å². The van der Waals surface area contributed by atoms with Gasteiger partial charge >= 0.3 is 6.03 Å². The zero-order chi connectivity index (χ0) is 17.0. The molecule has 3 rings (SSSR count). The normalized spacial score (nSPS) is 19.4. The van der Waals surface area contributed by atoms with Crippen LogP contribution >= 0.6 is 11.3 Å². The molecule has 24 heavy (non-hydrogen) atoms. The third kappa shape index (κ3) is 3.71. The summed E-state index contributed by atoms with van der Waals surface area (Å²) in [6.07, 6.45) is 2.44. The fourth-order valence-electron chi connectivity index (χ4n) is 3.12. The third-order valence-corrected chi connectivity index (χ3v) is 5.27. The van der Waals surface area contributed by atoms with Crippen LogP contribution in [0, 0.1) is 0 Å². The summed E-state index contributed by atoms with van der Waals surface area (Å²) in [5.74, 6) is 0.791. The molecule has 0 fully saturated rings. The van der Waals surface area contributed by atoms with Crippen molar-refractivity contribution in [3.05, 3.63) is 51.7 Å². The molecule has 0 saturated heterocycles. The van der Waals surface area contributed by atoms with Gasteiger partial charge in [0.15, 0.2) is 0 Å². The van der Waals surface area contributed by atoms with Crippen molar-refractivity contribution in [1.29, 1.82) is 0 Å². The molecular formula is C18H22N2O3S. The van der Waals surface area contributed by atoms with Crippen LogP contribution in [0.4, 0.5) is 4.79 Å². The maximum absolute atomic E-state index is 12.0. The first kappa shape index (κ1) is 16.8. The zero-order valence-corrected chi connectivity index (χ0v) is 14.5. The second-order valence-electron chi connectivity index (χ2n) is 6.02. The Labute approximate surface area is 145 Å². The summed E-state index contributed by atoms with van der Waals surface area (Å²) in [6, 6.07) is 9.39. The highest BCUT2D eigenvalue weighted by Gasteiger charge is 2.34. The molecule has 1 aliphatic rings. The van der Waals surface area contributed by atoms with Gasteiger partial charge in [0.05, 0.1) is 20.2 Å². The van der Waals surface area contributed by atoms with E-state index in [2.05, 4.69) is 10.6 Å². The van der Waals surface area contributed by atoms with Gasteiger partial charge < -0.3 is 20.5 Å². The van der Waals surface area contributed by atoms with Gasteiger partial charge in [-0.15, -0.1) is 11.3 Å². The molecule has 0 aliphatic heterocycles. The van der Waals surface area contributed by atoms with E-state index in [4.69, 9.17) is 4.74 Å². The average Bonchev–Trinajstić information content (AvgIpc) is 3.11. The highest BCUT2D eigenvalue weighted by Crippen LogP contribution is 2.36. The number of thiophene rings is 1. The molecule has 0 saturated carbocycles. The largest absolute Gasteiger partial charge is 0.497 e. The molecule has 0 unspecified atom stereocenters. The molecule has 0 spiro atoms. The fourth-order valence-corrected chi connectivity index (χ4v) is 3.76. The molecular weight excluding hydrogens is 324 g/mol. The number of fused-ring (bicyclic) bond motifs is 1. The van der Waals surface area contributed by atoms with E-state index in [1.807, 2.05) is 35.7 Å². The SMILES string of the molecule is COc1ccc2c(c1)CCC[C@]2(O)CNC(=O)NCc1cccs1. The van der Waals surface area contributed by atoms with Gasteiger partial charge in [-0.05, 0) is 54.0 Å². The lowest BCUT2D eigenvalue weighted by Crippen LogP contribution is -2.46. The topological polar surface area (TPSA) is 70.6 Å². The number of amides is 2. The van der Waals surface area contributed by atoms with Gasteiger partial charge in [0.1, 0.15) is 11.4 Å². The summed E-state index contributed by atoms with van der Waals surface area (Å²) >= 11 is 1.60. The Morgan fingerprint density at radius 1 is 1.38 bits per heavy atom. The molecule has 2 amide bonds. The molecule has 5 nitrogen and oxygen atoms in total. The van der Waals surface area contributed by atoms with E-state index in [-0.39, 0.29) is 12.6 Å². The van der Waals surface area contributed by atoms with Crippen LogP contribution < -0.4 is 15.4 Å². The van der Waals surface area contributed by atoms with E-state index < -0.39 is 5.60 Å². The number of methoxy groups -OCH3 is 1. The van der Waals surface area contributed by atoms with Crippen LogP contribution in [0.25, 0.3) is 0 Å². The molecule has 1 aliphatic carbocycles. The molecule has 1 heterocycles. The van der Waals surface area contributed by atoms with Crippen molar-refractivity contribution in [2.24, 2.45) is 0 Å². The number of rotatable bonds is 5. The van der Waals surface area contributed by atoms with Crippen LogP contribution in [0.15, 0.2) is 35.7 Å². The predicted molar refractivity (Wildman–Crippen MR) is 94.4 cm³/mol. The molecule has 2 aromatic rings. The van der Waals surface area contributed by atoms with Gasteiger partial charge in [-0.1, -0.05) is 12.1 Å². The summed E-state index contributed by atoms with van der Waals surface area (Å²) in [5, 5.41) is 18.6.